The molecule has 2 aliphatic rings. The van der Waals surface area contributed by atoms with Gasteiger partial charge in [0.05, 0.1) is 21.7 Å². The van der Waals surface area contributed by atoms with Gasteiger partial charge in [0, 0.05) is 42.5 Å². The van der Waals surface area contributed by atoms with Crippen molar-refractivity contribution in [3.05, 3.63) is 200 Å². The third-order valence-electron chi connectivity index (χ3n) is 11.9. The van der Waals surface area contributed by atoms with Crippen molar-refractivity contribution in [3.63, 3.8) is 0 Å². The first kappa shape index (κ1) is 42.8. The first-order valence-electron chi connectivity index (χ1n) is 20.9. The van der Waals surface area contributed by atoms with Crippen LogP contribution in [-0.4, -0.2) is 45.7 Å². The molecule has 0 radical (unpaired) electrons. The third-order valence-corrected chi connectivity index (χ3v) is 12.7. The molecular formula is C53H39Cl2N3O7. The maximum absolute atomic E-state index is 14.7. The molecule has 0 aromatic heterocycles. The first-order valence-corrected chi connectivity index (χ1v) is 21.7. The predicted octanol–water partition coefficient (Wildman–Crippen LogP) is 9.89. The van der Waals surface area contributed by atoms with Crippen molar-refractivity contribution < 1.29 is 33.8 Å². The van der Waals surface area contributed by atoms with E-state index in [1.165, 1.54) is 4.90 Å². The maximum Gasteiger partial charge on any atom is 0.326 e. The summed E-state index contributed by atoms with van der Waals surface area (Å²) in [7, 11) is 0. The van der Waals surface area contributed by atoms with Gasteiger partial charge in [-0.15, -0.1) is 0 Å². The van der Waals surface area contributed by atoms with E-state index in [4.69, 9.17) is 37.9 Å². The maximum atomic E-state index is 14.7. The molecule has 12 heteroatoms. The number of aliphatic carboxylic acids is 1. The number of hydrogen-bond acceptors (Lipinski definition) is 7. The molecule has 0 bridgehead atoms. The summed E-state index contributed by atoms with van der Waals surface area (Å²) in [5.41, 5.74) is 7.10. The lowest BCUT2D eigenvalue weighted by Crippen LogP contribution is -2.56. The number of hydrogen-bond donors (Lipinski definition) is 2. The Balaban J connectivity index is 0.958. The predicted molar refractivity (Wildman–Crippen MR) is 247 cm³/mol. The molecule has 0 fully saturated rings. The number of nitriles is 1. The summed E-state index contributed by atoms with van der Waals surface area (Å²) < 4.78 is 12.3. The van der Waals surface area contributed by atoms with Gasteiger partial charge >= 0.3 is 5.97 Å². The monoisotopic (exact) mass is 899 g/mol. The number of Topliss-reactive ketones (excluding diaryl/α,β-unsaturated/α-hetero) is 1. The zero-order chi connectivity index (χ0) is 45.2. The van der Waals surface area contributed by atoms with E-state index in [9.17, 15) is 24.3 Å². The molecular weight excluding hydrogens is 862 g/mol. The number of ether oxygens (including phenoxy) is 2. The Morgan fingerprint density at radius 2 is 1.51 bits per heavy atom. The molecule has 0 aliphatic carbocycles. The summed E-state index contributed by atoms with van der Waals surface area (Å²) >= 11 is 12.2. The van der Waals surface area contributed by atoms with Gasteiger partial charge < -0.3 is 24.8 Å². The number of carboxylic acids is 1. The molecule has 0 spiro atoms. The van der Waals surface area contributed by atoms with Gasteiger partial charge in [-0.25, -0.2) is 4.79 Å². The number of carbonyl (C=O) groups excluding carboxylic acids is 3. The second kappa shape index (κ2) is 18.3. The standard InChI is InChI=1S/C53H39Cl2N3O7/c54-44-21-12-33(22-45(44)55)30-64-41-19-17-37(18-20-41)50-48(59)26-39-24-38-25-47(58(29-40(38)27-49(39)65-50)52(61)43-7-3-5-36-4-1-2-6-42(36)43)51(60)57-46(53(62)63)23-31-8-13-34(14-9-31)35-15-10-32(28-56)11-16-35/h1-22,24,27,46-47,50H,23,25-26,29-30H2,(H,57,60)(H,62,63)/t46-,47-,50?/m0/s1. The highest BCUT2D eigenvalue weighted by molar-refractivity contribution is 6.42. The second-order valence-electron chi connectivity index (χ2n) is 16.1. The third kappa shape index (κ3) is 9.16. The van der Waals surface area contributed by atoms with E-state index in [0.717, 1.165) is 38.6 Å². The van der Waals surface area contributed by atoms with E-state index < -0.39 is 30.1 Å². The SMILES string of the molecule is N#Cc1ccc(-c2ccc(C[C@H](NC(=O)[C@@H]3Cc4cc5c(cc4CN3C(=O)c3cccc4ccccc34)OC(c3ccc(OCc4ccc(Cl)c(Cl)c4)cc3)C(=O)C5)C(=O)O)cc2)cc1. The lowest BCUT2D eigenvalue weighted by atomic mass is 9.87. The zero-order valence-electron chi connectivity index (χ0n) is 34.7. The van der Waals surface area contributed by atoms with Crippen molar-refractivity contribution in [2.45, 2.75) is 50.6 Å². The molecule has 3 atom stereocenters. The van der Waals surface area contributed by atoms with Crippen LogP contribution in [0.3, 0.4) is 0 Å². The molecule has 0 saturated carbocycles. The Morgan fingerprint density at radius 1 is 0.800 bits per heavy atom. The normalized spacial score (nSPS) is 15.8. The van der Waals surface area contributed by atoms with Crippen LogP contribution in [0.2, 0.25) is 10.0 Å². The first-order chi connectivity index (χ1) is 31.5. The van der Waals surface area contributed by atoms with E-state index in [2.05, 4.69) is 11.4 Å². The molecule has 65 heavy (non-hydrogen) atoms. The van der Waals surface area contributed by atoms with Gasteiger partial charge in [0.2, 0.25) is 5.91 Å². The number of rotatable bonds is 11. The smallest absolute Gasteiger partial charge is 0.326 e. The van der Waals surface area contributed by atoms with Crippen LogP contribution in [0.4, 0.5) is 0 Å². The van der Waals surface area contributed by atoms with Crippen LogP contribution in [0.5, 0.6) is 11.5 Å². The topological polar surface area (TPSA) is 146 Å². The van der Waals surface area contributed by atoms with Gasteiger partial charge in [-0.2, -0.15) is 5.26 Å². The van der Waals surface area contributed by atoms with Crippen LogP contribution in [0, 0.1) is 11.3 Å². The summed E-state index contributed by atoms with van der Waals surface area (Å²) in [4.78, 5) is 57.0. The Bertz CT molecular complexity index is 3030. The fourth-order valence-electron chi connectivity index (χ4n) is 8.47. The van der Waals surface area contributed by atoms with Crippen molar-refractivity contribution in [3.8, 4) is 28.7 Å². The van der Waals surface area contributed by atoms with Crippen LogP contribution in [-0.2, 0) is 46.8 Å². The summed E-state index contributed by atoms with van der Waals surface area (Å²) in [5, 5.41) is 24.8. The number of carbonyl (C=O) groups is 4. The number of halogens is 2. The summed E-state index contributed by atoms with van der Waals surface area (Å²) in [6.45, 7) is 0.303. The summed E-state index contributed by atoms with van der Waals surface area (Å²) in [5.74, 6) is -1.26. The highest BCUT2D eigenvalue weighted by atomic mass is 35.5. The molecule has 9 rings (SSSR count). The van der Waals surface area contributed by atoms with Crippen LogP contribution in [0.25, 0.3) is 21.9 Å². The van der Waals surface area contributed by atoms with Crippen molar-refractivity contribution >= 4 is 57.5 Å². The van der Waals surface area contributed by atoms with Crippen LogP contribution in [0.15, 0.2) is 146 Å². The molecule has 2 N–H and O–H groups in total. The molecule has 2 amide bonds. The lowest BCUT2D eigenvalue weighted by molar-refractivity contribution is -0.142. The molecule has 1 unspecified atom stereocenters. The van der Waals surface area contributed by atoms with Gasteiger partial charge in [0.15, 0.2) is 11.9 Å². The number of carboxylic acid groups (broad SMARTS) is 1. The number of fused-ring (bicyclic) bond motifs is 3. The largest absolute Gasteiger partial charge is 0.489 e. The summed E-state index contributed by atoms with van der Waals surface area (Å²) in [6, 6.07) is 43.3. The molecule has 0 saturated heterocycles. The van der Waals surface area contributed by atoms with Crippen molar-refractivity contribution in [1.29, 1.82) is 5.26 Å². The number of nitrogens with zero attached hydrogens (tertiary/aromatic N) is 2. The molecule has 7 aromatic carbocycles. The van der Waals surface area contributed by atoms with Crippen molar-refractivity contribution in [1.82, 2.24) is 10.2 Å². The minimum atomic E-state index is -1.30. The van der Waals surface area contributed by atoms with E-state index in [0.29, 0.717) is 49.4 Å². The number of nitrogens with one attached hydrogen (secondary N) is 1. The Hall–Kier alpha value is -7.45. The molecule has 322 valence electrons. The average Bonchev–Trinajstić information content (AvgIpc) is 3.33. The van der Waals surface area contributed by atoms with E-state index in [-0.39, 0.29) is 44.1 Å². The fraction of sp³-hybridized carbons (Fsp3) is 0.151. The van der Waals surface area contributed by atoms with Crippen LogP contribution < -0.4 is 14.8 Å². The minimum Gasteiger partial charge on any atom is -0.489 e. The molecule has 7 aromatic rings. The molecule has 2 aliphatic heterocycles. The van der Waals surface area contributed by atoms with E-state index in [1.807, 2.05) is 84.9 Å². The minimum absolute atomic E-state index is 0.00208. The highest BCUT2D eigenvalue weighted by Crippen LogP contribution is 2.39. The number of ketones is 1. The number of benzene rings is 7. The Kier molecular flexibility index (Phi) is 12.1. The lowest BCUT2D eigenvalue weighted by Gasteiger charge is -2.38. The zero-order valence-corrected chi connectivity index (χ0v) is 36.2. The van der Waals surface area contributed by atoms with Gasteiger partial charge in [-0.1, -0.05) is 120 Å². The van der Waals surface area contributed by atoms with E-state index >= 15 is 0 Å². The Labute approximate surface area is 384 Å². The van der Waals surface area contributed by atoms with Crippen LogP contribution >= 0.6 is 23.2 Å². The molecule has 2 heterocycles. The van der Waals surface area contributed by atoms with Crippen molar-refractivity contribution in [2.75, 3.05) is 0 Å². The molecule has 10 nitrogen and oxygen atoms in total. The number of amides is 2. The van der Waals surface area contributed by atoms with Gasteiger partial charge in [-0.05, 0) is 92.7 Å². The van der Waals surface area contributed by atoms with Gasteiger partial charge in [0.1, 0.15) is 30.2 Å². The van der Waals surface area contributed by atoms with Gasteiger partial charge in [0.25, 0.3) is 5.91 Å². The Morgan fingerprint density at radius 3 is 2.23 bits per heavy atom. The van der Waals surface area contributed by atoms with Crippen LogP contribution in [0.1, 0.15) is 55.4 Å². The second-order valence-corrected chi connectivity index (χ2v) is 17.0. The quantitative estimate of drug-likeness (QED) is 0.131. The summed E-state index contributed by atoms with van der Waals surface area (Å²) in [6.07, 6.45) is -0.709. The van der Waals surface area contributed by atoms with Crippen molar-refractivity contribution in [2.24, 2.45) is 0 Å². The van der Waals surface area contributed by atoms with E-state index in [1.54, 1.807) is 60.7 Å². The van der Waals surface area contributed by atoms with Gasteiger partial charge in [-0.3, -0.25) is 14.4 Å². The fourth-order valence-corrected chi connectivity index (χ4v) is 8.79. The average molecular weight is 901 g/mol. The highest BCUT2D eigenvalue weighted by Gasteiger charge is 2.39.